The third-order valence-corrected chi connectivity index (χ3v) is 4.96. The zero-order valence-electron chi connectivity index (χ0n) is 15.9. The number of hydrogen-bond donors (Lipinski definition) is 1. The monoisotopic (exact) mass is 356 g/mol. The van der Waals surface area contributed by atoms with E-state index in [1.54, 1.807) is 4.68 Å². The molecular weight excluding hydrogens is 328 g/mol. The average molecular weight is 356 g/mol. The Bertz CT molecular complexity index is 763. The molecular formula is C20H28N4O2. The first-order valence-corrected chi connectivity index (χ1v) is 9.24. The van der Waals surface area contributed by atoms with Crippen molar-refractivity contribution in [2.45, 2.75) is 20.3 Å². The Morgan fingerprint density at radius 2 is 1.96 bits per heavy atom. The molecule has 0 saturated carbocycles. The summed E-state index contributed by atoms with van der Waals surface area (Å²) < 4.78 is 7.00. The molecule has 140 valence electrons. The van der Waals surface area contributed by atoms with Gasteiger partial charge in [-0.05, 0) is 50.1 Å². The predicted octanol–water partition coefficient (Wildman–Crippen LogP) is 2.16. The van der Waals surface area contributed by atoms with Gasteiger partial charge >= 0.3 is 0 Å². The van der Waals surface area contributed by atoms with Crippen molar-refractivity contribution >= 4 is 5.91 Å². The first kappa shape index (κ1) is 18.6. The van der Waals surface area contributed by atoms with Gasteiger partial charge < -0.3 is 10.1 Å². The minimum atomic E-state index is -0.0722. The second kappa shape index (κ2) is 8.47. The molecule has 1 amide bonds. The van der Waals surface area contributed by atoms with Crippen molar-refractivity contribution in [2.24, 2.45) is 7.05 Å². The molecule has 1 N–H and O–H groups in total. The van der Waals surface area contributed by atoms with Crippen LogP contribution in [0.4, 0.5) is 0 Å². The van der Waals surface area contributed by atoms with Gasteiger partial charge in [0.1, 0.15) is 5.69 Å². The second-order valence-electron chi connectivity index (χ2n) is 6.90. The smallest absolute Gasteiger partial charge is 0.269 e. The lowest BCUT2D eigenvalue weighted by Gasteiger charge is -2.26. The zero-order chi connectivity index (χ0) is 18.5. The van der Waals surface area contributed by atoms with E-state index in [0.717, 1.165) is 50.5 Å². The van der Waals surface area contributed by atoms with Gasteiger partial charge in [0.25, 0.3) is 5.91 Å². The number of aromatic nitrogens is 2. The molecule has 1 saturated heterocycles. The normalized spacial score (nSPS) is 15.2. The van der Waals surface area contributed by atoms with Gasteiger partial charge in [0.2, 0.25) is 0 Å². The summed E-state index contributed by atoms with van der Waals surface area (Å²) in [6, 6.07) is 8.11. The van der Waals surface area contributed by atoms with Crippen LogP contribution in [0.2, 0.25) is 0 Å². The quantitative estimate of drug-likeness (QED) is 0.806. The Balaban J connectivity index is 1.55. The van der Waals surface area contributed by atoms with E-state index in [4.69, 9.17) is 4.74 Å². The molecule has 1 aromatic carbocycles. The highest BCUT2D eigenvalue weighted by molar-refractivity contribution is 5.93. The molecule has 0 radical (unpaired) electrons. The fraction of sp³-hybridized carbons (Fsp3) is 0.500. The Kier molecular flexibility index (Phi) is 6.06. The maximum absolute atomic E-state index is 12.5. The summed E-state index contributed by atoms with van der Waals surface area (Å²) in [4.78, 5) is 14.8. The molecule has 6 heteroatoms. The van der Waals surface area contributed by atoms with Crippen molar-refractivity contribution in [3.05, 3.63) is 41.1 Å². The van der Waals surface area contributed by atoms with Gasteiger partial charge in [-0.3, -0.25) is 14.4 Å². The van der Waals surface area contributed by atoms with Crippen molar-refractivity contribution in [1.82, 2.24) is 20.0 Å². The van der Waals surface area contributed by atoms with Crippen LogP contribution in [-0.4, -0.2) is 60.0 Å². The third kappa shape index (κ3) is 4.51. The van der Waals surface area contributed by atoms with Gasteiger partial charge in [0, 0.05) is 32.2 Å². The molecule has 0 spiro atoms. The molecule has 0 atom stereocenters. The summed E-state index contributed by atoms with van der Waals surface area (Å²) in [6.45, 7) is 9.41. The SMILES string of the molecule is Cc1ccc(-c2cc(C(=O)NCCCN3CCOCC3)n(C)n2)cc1C. The van der Waals surface area contributed by atoms with Crippen LogP contribution >= 0.6 is 0 Å². The molecule has 0 bridgehead atoms. The van der Waals surface area contributed by atoms with Crippen molar-refractivity contribution in [3.63, 3.8) is 0 Å². The molecule has 0 aliphatic carbocycles. The van der Waals surface area contributed by atoms with Gasteiger partial charge in [-0.2, -0.15) is 5.10 Å². The molecule has 1 aromatic heterocycles. The zero-order valence-corrected chi connectivity index (χ0v) is 15.9. The summed E-state index contributed by atoms with van der Waals surface area (Å²) in [5.74, 6) is -0.0722. The van der Waals surface area contributed by atoms with Gasteiger partial charge in [-0.15, -0.1) is 0 Å². The molecule has 0 unspecified atom stereocenters. The summed E-state index contributed by atoms with van der Waals surface area (Å²) in [7, 11) is 1.81. The lowest BCUT2D eigenvalue weighted by molar-refractivity contribution is 0.0374. The van der Waals surface area contributed by atoms with Crippen LogP contribution in [0.1, 0.15) is 28.0 Å². The van der Waals surface area contributed by atoms with Crippen molar-refractivity contribution in [2.75, 3.05) is 39.4 Å². The first-order valence-electron chi connectivity index (χ1n) is 9.24. The van der Waals surface area contributed by atoms with E-state index in [0.29, 0.717) is 12.2 Å². The van der Waals surface area contributed by atoms with E-state index in [1.165, 1.54) is 11.1 Å². The number of hydrogen-bond acceptors (Lipinski definition) is 4. The number of aryl methyl sites for hydroxylation is 3. The Morgan fingerprint density at radius 1 is 1.19 bits per heavy atom. The molecule has 1 fully saturated rings. The van der Waals surface area contributed by atoms with E-state index in [1.807, 2.05) is 13.1 Å². The maximum atomic E-state index is 12.5. The number of benzene rings is 1. The molecule has 26 heavy (non-hydrogen) atoms. The van der Waals surface area contributed by atoms with Crippen LogP contribution in [0.15, 0.2) is 24.3 Å². The summed E-state index contributed by atoms with van der Waals surface area (Å²) >= 11 is 0. The maximum Gasteiger partial charge on any atom is 0.269 e. The number of ether oxygens (including phenoxy) is 1. The lowest BCUT2D eigenvalue weighted by atomic mass is 10.0. The summed E-state index contributed by atoms with van der Waals surface area (Å²) in [5, 5.41) is 7.52. The van der Waals surface area contributed by atoms with Crippen LogP contribution in [0.5, 0.6) is 0 Å². The van der Waals surface area contributed by atoms with E-state index >= 15 is 0 Å². The molecule has 6 nitrogen and oxygen atoms in total. The minimum absolute atomic E-state index is 0.0722. The minimum Gasteiger partial charge on any atom is -0.379 e. The van der Waals surface area contributed by atoms with Crippen LogP contribution in [-0.2, 0) is 11.8 Å². The summed E-state index contributed by atoms with van der Waals surface area (Å²) in [6.07, 6.45) is 0.938. The van der Waals surface area contributed by atoms with Gasteiger partial charge in [-0.1, -0.05) is 12.1 Å². The third-order valence-electron chi connectivity index (χ3n) is 4.96. The highest BCUT2D eigenvalue weighted by Gasteiger charge is 2.15. The fourth-order valence-electron chi connectivity index (χ4n) is 3.14. The Labute approximate surface area is 155 Å². The topological polar surface area (TPSA) is 59.4 Å². The molecule has 3 rings (SSSR count). The van der Waals surface area contributed by atoms with Crippen molar-refractivity contribution in [1.29, 1.82) is 0 Å². The fourth-order valence-corrected chi connectivity index (χ4v) is 3.14. The number of nitrogens with zero attached hydrogens (tertiary/aromatic N) is 3. The number of carbonyl (C=O) groups is 1. The number of amides is 1. The van der Waals surface area contributed by atoms with Crippen LogP contribution in [0, 0.1) is 13.8 Å². The van der Waals surface area contributed by atoms with Crippen LogP contribution in [0.3, 0.4) is 0 Å². The second-order valence-corrected chi connectivity index (χ2v) is 6.90. The summed E-state index contributed by atoms with van der Waals surface area (Å²) in [5.41, 5.74) is 4.93. The highest BCUT2D eigenvalue weighted by Crippen LogP contribution is 2.21. The van der Waals surface area contributed by atoms with E-state index in [9.17, 15) is 4.79 Å². The van der Waals surface area contributed by atoms with Crippen LogP contribution in [0.25, 0.3) is 11.3 Å². The van der Waals surface area contributed by atoms with Gasteiger partial charge in [-0.25, -0.2) is 0 Å². The average Bonchev–Trinajstić information content (AvgIpc) is 3.03. The first-order chi connectivity index (χ1) is 12.5. The van der Waals surface area contributed by atoms with Crippen molar-refractivity contribution < 1.29 is 9.53 Å². The van der Waals surface area contributed by atoms with E-state index in [2.05, 4.69) is 47.4 Å². The lowest BCUT2D eigenvalue weighted by Crippen LogP contribution is -2.38. The number of morpholine rings is 1. The number of rotatable bonds is 6. The number of nitrogens with one attached hydrogen (secondary N) is 1. The number of carbonyl (C=O) groups excluding carboxylic acids is 1. The molecule has 1 aliphatic rings. The highest BCUT2D eigenvalue weighted by atomic mass is 16.5. The largest absolute Gasteiger partial charge is 0.379 e. The van der Waals surface area contributed by atoms with Crippen molar-refractivity contribution in [3.8, 4) is 11.3 Å². The van der Waals surface area contributed by atoms with E-state index in [-0.39, 0.29) is 5.91 Å². The standard InChI is InChI=1S/C20H28N4O2/c1-15-5-6-17(13-16(15)2)18-14-19(23(3)22-18)20(25)21-7-4-8-24-9-11-26-12-10-24/h5-6,13-14H,4,7-12H2,1-3H3,(H,21,25). The molecule has 2 aromatic rings. The van der Waals surface area contributed by atoms with Gasteiger partial charge in [0.05, 0.1) is 18.9 Å². The van der Waals surface area contributed by atoms with Crippen LogP contribution < -0.4 is 5.32 Å². The Morgan fingerprint density at radius 3 is 2.69 bits per heavy atom. The molecule has 2 heterocycles. The predicted molar refractivity (Wildman–Crippen MR) is 102 cm³/mol. The Hall–Kier alpha value is -2.18. The molecule has 1 aliphatic heterocycles. The van der Waals surface area contributed by atoms with E-state index < -0.39 is 0 Å². The van der Waals surface area contributed by atoms with Gasteiger partial charge in [0.15, 0.2) is 0 Å².